The Balaban J connectivity index is 1.34. The van der Waals surface area contributed by atoms with E-state index in [1.165, 1.54) is 11.1 Å². The Morgan fingerprint density at radius 2 is 2.04 bits per heavy atom. The van der Waals surface area contributed by atoms with Crippen LogP contribution < -0.4 is 4.90 Å². The molecule has 0 unspecified atom stereocenters. The number of hydrogen-bond donors (Lipinski definition) is 0. The molecule has 0 N–H and O–H groups in total. The van der Waals surface area contributed by atoms with Crippen LogP contribution >= 0.6 is 11.3 Å². The van der Waals surface area contributed by atoms with Crippen molar-refractivity contribution in [3.63, 3.8) is 0 Å². The van der Waals surface area contributed by atoms with Gasteiger partial charge >= 0.3 is 0 Å². The summed E-state index contributed by atoms with van der Waals surface area (Å²) in [7, 11) is 0. The molecule has 2 heterocycles. The molecule has 1 saturated heterocycles. The van der Waals surface area contributed by atoms with Crippen molar-refractivity contribution in [1.82, 2.24) is 9.88 Å². The van der Waals surface area contributed by atoms with Crippen LogP contribution in [-0.4, -0.2) is 42.0 Å². The van der Waals surface area contributed by atoms with Gasteiger partial charge in [-0.15, -0.1) is 11.3 Å². The van der Waals surface area contributed by atoms with Gasteiger partial charge in [-0.05, 0) is 29.9 Å². The number of aromatic nitrogens is 1. The van der Waals surface area contributed by atoms with Gasteiger partial charge in [0.25, 0.3) is 0 Å². The van der Waals surface area contributed by atoms with Crippen LogP contribution in [0.15, 0.2) is 35.8 Å². The van der Waals surface area contributed by atoms with E-state index < -0.39 is 0 Å². The van der Waals surface area contributed by atoms with Crippen LogP contribution in [0.2, 0.25) is 0 Å². The quantitative estimate of drug-likeness (QED) is 0.870. The van der Waals surface area contributed by atoms with Crippen LogP contribution in [0.25, 0.3) is 0 Å². The Kier molecular flexibility index (Phi) is 4.04. The van der Waals surface area contributed by atoms with E-state index >= 15 is 0 Å². The fourth-order valence-corrected chi connectivity index (χ4v) is 4.41. The van der Waals surface area contributed by atoms with Crippen molar-refractivity contribution in [2.45, 2.75) is 25.2 Å². The van der Waals surface area contributed by atoms with Gasteiger partial charge < -0.3 is 9.80 Å². The third-order valence-corrected chi connectivity index (χ3v) is 5.83. The standard InChI is InChI=1S/C18H21N3OS/c22-17(13-15-6-5-14-3-1-2-4-16(14)15)20-8-10-21(11-9-20)18-19-7-12-23-18/h1-4,7,12,15H,5-6,8-11,13H2/t15-/m0/s1. The zero-order valence-corrected chi connectivity index (χ0v) is 14.0. The first-order valence-corrected chi connectivity index (χ1v) is 9.19. The molecule has 1 amide bonds. The SMILES string of the molecule is O=C(C[C@@H]1CCc2ccccc21)N1CCN(c2nccs2)CC1. The van der Waals surface area contributed by atoms with Crippen LogP contribution in [0, 0.1) is 0 Å². The summed E-state index contributed by atoms with van der Waals surface area (Å²) in [4.78, 5) is 21.3. The molecule has 1 aromatic carbocycles. The molecule has 120 valence electrons. The van der Waals surface area contributed by atoms with Crippen molar-refractivity contribution >= 4 is 22.4 Å². The smallest absolute Gasteiger partial charge is 0.223 e. The third kappa shape index (κ3) is 2.98. The molecule has 0 saturated carbocycles. The summed E-state index contributed by atoms with van der Waals surface area (Å²) in [5.74, 6) is 0.723. The number of carbonyl (C=O) groups excluding carboxylic acids is 1. The molecule has 2 aliphatic rings. The monoisotopic (exact) mass is 327 g/mol. The van der Waals surface area contributed by atoms with Crippen molar-refractivity contribution in [2.24, 2.45) is 0 Å². The fourth-order valence-electron chi connectivity index (χ4n) is 3.72. The largest absolute Gasteiger partial charge is 0.345 e. The lowest BCUT2D eigenvalue weighted by atomic mass is 9.97. The number of benzene rings is 1. The Morgan fingerprint density at radius 3 is 2.83 bits per heavy atom. The van der Waals surface area contributed by atoms with Crippen molar-refractivity contribution < 1.29 is 4.79 Å². The summed E-state index contributed by atoms with van der Waals surface area (Å²) in [6.07, 6.45) is 4.74. The molecule has 0 bridgehead atoms. The van der Waals surface area contributed by atoms with Gasteiger partial charge in [-0.2, -0.15) is 0 Å². The highest BCUT2D eigenvalue weighted by Crippen LogP contribution is 2.35. The van der Waals surface area contributed by atoms with E-state index in [0.717, 1.165) is 44.2 Å². The molecule has 0 spiro atoms. The highest BCUT2D eigenvalue weighted by atomic mass is 32.1. The van der Waals surface area contributed by atoms with Crippen molar-refractivity contribution in [1.29, 1.82) is 0 Å². The number of piperazine rings is 1. The molecular formula is C18H21N3OS. The lowest BCUT2D eigenvalue weighted by Gasteiger charge is -2.35. The number of carbonyl (C=O) groups is 1. The summed E-state index contributed by atoms with van der Waals surface area (Å²) < 4.78 is 0. The molecule has 4 rings (SSSR count). The minimum absolute atomic E-state index is 0.311. The minimum Gasteiger partial charge on any atom is -0.345 e. The van der Waals surface area contributed by atoms with E-state index in [1.807, 2.05) is 16.5 Å². The van der Waals surface area contributed by atoms with E-state index in [4.69, 9.17) is 0 Å². The topological polar surface area (TPSA) is 36.4 Å². The summed E-state index contributed by atoms with van der Waals surface area (Å²) >= 11 is 1.67. The van der Waals surface area contributed by atoms with Crippen LogP contribution in [-0.2, 0) is 11.2 Å². The number of rotatable bonds is 3. The number of amides is 1. The molecule has 0 radical (unpaired) electrons. The minimum atomic E-state index is 0.311. The number of anilines is 1. The molecule has 5 heteroatoms. The lowest BCUT2D eigenvalue weighted by Crippen LogP contribution is -2.49. The van der Waals surface area contributed by atoms with Gasteiger partial charge in [-0.3, -0.25) is 4.79 Å². The molecule has 1 fully saturated rings. The predicted octanol–water partition coefficient (Wildman–Crippen LogP) is 2.91. The molecular weight excluding hydrogens is 306 g/mol. The van der Waals surface area contributed by atoms with Gasteiger partial charge in [0.05, 0.1) is 0 Å². The van der Waals surface area contributed by atoms with Crippen molar-refractivity contribution in [3.05, 3.63) is 47.0 Å². The Bertz CT molecular complexity index is 677. The maximum absolute atomic E-state index is 12.7. The second-order valence-corrected chi connectivity index (χ2v) is 7.19. The van der Waals surface area contributed by atoms with E-state index in [-0.39, 0.29) is 0 Å². The number of aryl methyl sites for hydroxylation is 1. The predicted molar refractivity (Wildman–Crippen MR) is 93.0 cm³/mol. The first-order valence-electron chi connectivity index (χ1n) is 8.31. The summed E-state index contributed by atoms with van der Waals surface area (Å²) in [6, 6.07) is 8.59. The van der Waals surface area contributed by atoms with Crippen molar-refractivity contribution in [3.8, 4) is 0 Å². The van der Waals surface area contributed by atoms with E-state index in [1.54, 1.807) is 11.3 Å². The van der Waals surface area contributed by atoms with Gasteiger partial charge in [-0.1, -0.05) is 24.3 Å². The highest BCUT2D eigenvalue weighted by Gasteiger charge is 2.28. The first kappa shape index (κ1) is 14.7. The van der Waals surface area contributed by atoms with Gasteiger partial charge in [0.1, 0.15) is 0 Å². The van der Waals surface area contributed by atoms with Crippen LogP contribution in [0.3, 0.4) is 0 Å². The zero-order valence-electron chi connectivity index (χ0n) is 13.1. The Morgan fingerprint density at radius 1 is 1.22 bits per heavy atom. The molecule has 2 aromatic rings. The van der Waals surface area contributed by atoms with E-state index in [2.05, 4.69) is 34.1 Å². The Labute approximate surface area is 140 Å². The van der Waals surface area contributed by atoms with Crippen LogP contribution in [0.4, 0.5) is 5.13 Å². The van der Waals surface area contributed by atoms with Gasteiger partial charge in [-0.25, -0.2) is 4.98 Å². The van der Waals surface area contributed by atoms with E-state index in [9.17, 15) is 4.79 Å². The zero-order chi connectivity index (χ0) is 15.6. The molecule has 23 heavy (non-hydrogen) atoms. The molecule has 1 aromatic heterocycles. The summed E-state index contributed by atoms with van der Waals surface area (Å²) in [6.45, 7) is 3.40. The number of nitrogens with zero attached hydrogens (tertiary/aromatic N) is 3. The van der Waals surface area contributed by atoms with E-state index in [0.29, 0.717) is 18.2 Å². The normalized spacial score (nSPS) is 20.6. The van der Waals surface area contributed by atoms with Gasteiger partial charge in [0.2, 0.25) is 5.91 Å². The fraction of sp³-hybridized carbons (Fsp3) is 0.444. The molecule has 1 aliphatic carbocycles. The first-order chi connectivity index (χ1) is 11.3. The average Bonchev–Trinajstić information content (AvgIpc) is 3.25. The van der Waals surface area contributed by atoms with Crippen molar-refractivity contribution in [2.75, 3.05) is 31.1 Å². The van der Waals surface area contributed by atoms with Gasteiger partial charge in [0, 0.05) is 44.2 Å². The number of fused-ring (bicyclic) bond motifs is 1. The maximum atomic E-state index is 12.7. The third-order valence-electron chi connectivity index (χ3n) is 5.00. The highest BCUT2D eigenvalue weighted by molar-refractivity contribution is 7.13. The molecule has 1 atom stereocenters. The Hall–Kier alpha value is -1.88. The second-order valence-electron chi connectivity index (χ2n) is 6.32. The summed E-state index contributed by atoms with van der Waals surface area (Å²) in [5.41, 5.74) is 2.82. The number of thiazole rings is 1. The lowest BCUT2D eigenvalue weighted by molar-refractivity contribution is -0.131. The summed E-state index contributed by atoms with van der Waals surface area (Å²) in [5, 5.41) is 3.08. The molecule has 4 nitrogen and oxygen atoms in total. The molecule has 1 aliphatic heterocycles. The van der Waals surface area contributed by atoms with Crippen LogP contribution in [0.5, 0.6) is 0 Å². The maximum Gasteiger partial charge on any atom is 0.223 e. The van der Waals surface area contributed by atoms with Crippen LogP contribution in [0.1, 0.15) is 29.9 Å². The van der Waals surface area contributed by atoms with Gasteiger partial charge in [0.15, 0.2) is 5.13 Å². The second kappa shape index (κ2) is 6.32. The number of hydrogen-bond acceptors (Lipinski definition) is 4. The average molecular weight is 327 g/mol.